The van der Waals surface area contributed by atoms with E-state index in [-0.39, 0.29) is 18.3 Å². The van der Waals surface area contributed by atoms with Gasteiger partial charge >= 0.3 is 6.09 Å². The van der Waals surface area contributed by atoms with E-state index in [0.717, 1.165) is 21.6 Å². The number of methoxy groups -OCH3 is 1. The Kier molecular flexibility index (Phi) is 8.18. The minimum atomic E-state index is -1.56. The van der Waals surface area contributed by atoms with Crippen LogP contribution < -0.4 is 0 Å². The maximum Gasteiger partial charge on any atom is 0.417 e. The first-order valence-corrected chi connectivity index (χ1v) is 12.0. The van der Waals surface area contributed by atoms with Gasteiger partial charge in [0.15, 0.2) is 5.76 Å². The van der Waals surface area contributed by atoms with Crippen molar-refractivity contribution in [2.24, 2.45) is 5.92 Å². The van der Waals surface area contributed by atoms with Crippen molar-refractivity contribution in [2.45, 2.75) is 71.6 Å². The van der Waals surface area contributed by atoms with Gasteiger partial charge in [0, 0.05) is 25.7 Å². The van der Waals surface area contributed by atoms with Crippen molar-refractivity contribution >= 4 is 17.8 Å². The zero-order chi connectivity index (χ0) is 25.9. The molecule has 190 valence electrons. The number of aryl methyl sites for hydroxylation is 2. The van der Waals surface area contributed by atoms with Crippen LogP contribution >= 0.6 is 0 Å². The van der Waals surface area contributed by atoms with Crippen LogP contribution in [0.5, 0.6) is 0 Å². The average molecular weight is 486 g/mol. The van der Waals surface area contributed by atoms with Crippen molar-refractivity contribution in [1.29, 1.82) is 0 Å². The highest BCUT2D eigenvalue weighted by Gasteiger charge is 2.54. The molecule has 0 spiro atoms. The van der Waals surface area contributed by atoms with Crippen LogP contribution in [0.25, 0.3) is 11.1 Å². The van der Waals surface area contributed by atoms with E-state index in [2.05, 4.69) is 0 Å². The summed E-state index contributed by atoms with van der Waals surface area (Å²) in [6, 6.07) is 8.88. The zero-order valence-electron chi connectivity index (χ0n) is 21.3. The molecule has 0 radical (unpaired) electrons. The SMILES string of the molecule is CO[C@H](C(=O)c1cc(-c2cccc(C)c2)c(CCCCO)o1)C(=O)N1C(=O)OC(C)(C)[C@H]1C(C)C. The summed E-state index contributed by atoms with van der Waals surface area (Å²) in [4.78, 5) is 40.5. The lowest BCUT2D eigenvalue weighted by Crippen LogP contribution is -2.53. The molecular weight excluding hydrogens is 450 g/mol. The predicted octanol–water partition coefficient (Wildman–Crippen LogP) is 4.55. The predicted molar refractivity (Wildman–Crippen MR) is 130 cm³/mol. The number of aliphatic hydroxyl groups is 1. The molecule has 8 heteroatoms. The molecule has 1 aromatic heterocycles. The molecule has 1 aliphatic heterocycles. The Morgan fingerprint density at radius 3 is 2.51 bits per heavy atom. The van der Waals surface area contributed by atoms with E-state index in [9.17, 15) is 14.4 Å². The van der Waals surface area contributed by atoms with Crippen LogP contribution in [-0.2, 0) is 20.7 Å². The molecule has 35 heavy (non-hydrogen) atoms. The number of carbonyl (C=O) groups excluding carboxylic acids is 3. The number of Topliss-reactive ketones (excluding diaryl/α,β-unsaturated/α-hetero) is 1. The van der Waals surface area contributed by atoms with Crippen molar-refractivity contribution in [3.8, 4) is 11.1 Å². The van der Waals surface area contributed by atoms with E-state index < -0.39 is 35.5 Å². The number of benzene rings is 1. The monoisotopic (exact) mass is 485 g/mol. The van der Waals surface area contributed by atoms with Gasteiger partial charge in [-0.1, -0.05) is 43.7 Å². The largest absolute Gasteiger partial charge is 0.457 e. The van der Waals surface area contributed by atoms with Crippen LogP contribution in [0.3, 0.4) is 0 Å². The third-order valence-electron chi connectivity index (χ3n) is 6.30. The Morgan fingerprint density at radius 2 is 1.91 bits per heavy atom. The third kappa shape index (κ3) is 5.49. The maximum absolute atomic E-state index is 13.5. The number of imide groups is 1. The molecule has 2 amide bonds. The van der Waals surface area contributed by atoms with Gasteiger partial charge in [-0.2, -0.15) is 0 Å². The molecule has 1 saturated heterocycles. The van der Waals surface area contributed by atoms with Crippen molar-refractivity contribution < 1.29 is 33.4 Å². The highest BCUT2D eigenvalue weighted by molar-refractivity contribution is 6.14. The lowest BCUT2D eigenvalue weighted by molar-refractivity contribution is -0.138. The standard InChI is InChI=1S/C27H35NO7/c1-16(2)24-27(4,5)35-26(32)28(24)25(31)23(33-6)22(30)21-15-19(18-11-9-10-17(3)14-18)20(34-21)12-7-8-13-29/h9-11,14-16,23-24,29H,7-8,12-13H2,1-6H3/t23-,24-/m1/s1. The van der Waals surface area contributed by atoms with Crippen molar-refractivity contribution in [1.82, 2.24) is 4.90 Å². The Bertz CT molecular complexity index is 1080. The Morgan fingerprint density at radius 1 is 1.20 bits per heavy atom. The number of aliphatic hydroxyl groups excluding tert-OH is 1. The zero-order valence-corrected chi connectivity index (χ0v) is 21.3. The minimum absolute atomic E-state index is 0.0198. The molecule has 0 saturated carbocycles. The van der Waals surface area contributed by atoms with Gasteiger partial charge in [-0.15, -0.1) is 0 Å². The van der Waals surface area contributed by atoms with Gasteiger partial charge in [0.1, 0.15) is 11.4 Å². The maximum atomic E-state index is 13.5. The van der Waals surface area contributed by atoms with Crippen LogP contribution in [0.2, 0.25) is 0 Å². The highest BCUT2D eigenvalue weighted by Crippen LogP contribution is 2.35. The molecule has 2 atom stereocenters. The van der Waals surface area contributed by atoms with E-state index in [1.165, 1.54) is 7.11 Å². The van der Waals surface area contributed by atoms with Gasteiger partial charge in [0.2, 0.25) is 11.9 Å². The topological polar surface area (TPSA) is 106 Å². The first-order valence-electron chi connectivity index (χ1n) is 12.0. The molecule has 0 aliphatic carbocycles. The van der Waals surface area contributed by atoms with Crippen LogP contribution in [0, 0.1) is 12.8 Å². The van der Waals surface area contributed by atoms with Crippen LogP contribution in [0.4, 0.5) is 4.79 Å². The molecule has 2 heterocycles. The molecule has 0 unspecified atom stereocenters. The highest BCUT2D eigenvalue weighted by atomic mass is 16.6. The summed E-state index contributed by atoms with van der Waals surface area (Å²) >= 11 is 0. The fraction of sp³-hybridized carbons (Fsp3) is 0.519. The van der Waals surface area contributed by atoms with Crippen molar-refractivity contribution in [3.63, 3.8) is 0 Å². The summed E-state index contributed by atoms with van der Waals surface area (Å²) in [5.41, 5.74) is 1.79. The number of ketones is 1. The fourth-order valence-corrected chi connectivity index (χ4v) is 4.85. The number of hydrogen-bond acceptors (Lipinski definition) is 7. The second-order valence-electron chi connectivity index (χ2n) is 9.85. The van der Waals surface area contributed by atoms with Crippen LogP contribution in [0.1, 0.15) is 62.4 Å². The average Bonchev–Trinajstić information content (AvgIpc) is 3.31. The second-order valence-corrected chi connectivity index (χ2v) is 9.85. The van der Waals surface area contributed by atoms with Gasteiger partial charge < -0.3 is 19.0 Å². The number of unbranched alkanes of at least 4 members (excludes halogenated alkanes) is 1. The normalized spacial score (nSPS) is 18.1. The lowest BCUT2D eigenvalue weighted by Gasteiger charge is -2.31. The number of nitrogens with zero attached hydrogens (tertiary/aromatic N) is 1. The van der Waals surface area contributed by atoms with E-state index >= 15 is 0 Å². The van der Waals surface area contributed by atoms with E-state index in [0.29, 0.717) is 25.0 Å². The Balaban J connectivity index is 1.96. The first-order chi connectivity index (χ1) is 16.5. The lowest BCUT2D eigenvalue weighted by atomic mass is 9.88. The minimum Gasteiger partial charge on any atom is -0.457 e. The fourth-order valence-electron chi connectivity index (χ4n) is 4.85. The number of amides is 2. The summed E-state index contributed by atoms with van der Waals surface area (Å²) < 4.78 is 16.7. The number of furan rings is 1. The van der Waals surface area contributed by atoms with Gasteiger partial charge in [-0.05, 0) is 51.2 Å². The second kappa shape index (κ2) is 10.7. The molecule has 8 nitrogen and oxygen atoms in total. The van der Waals surface area contributed by atoms with Crippen molar-refractivity contribution in [3.05, 3.63) is 47.4 Å². The summed E-state index contributed by atoms with van der Waals surface area (Å²) in [5, 5.41) is 9.17. The molecular formula is C27H35NO7. The quantitative estimate of drug-likeness (QED) is 0.299. The number of rotatable bonds is 10. The third-order valence-corrected chi connectivity index (χ3v) is 6.30. The Hall–Kier alpha value is -2.97. The summed E-state index contributed by atoms with van der Waals surface area (Å²) in [6.07, 6.45) is -0.559. The van der Waals surface area contributed by atoms with Gasteiger partial charge in [-0.25, -0.2) is 9.69 Å². The number of cyclic esters (lactones) is 1. The van der Waals surface area contributed by atoms with Crippen molar-refractivity contribution in [2.75, 3.05) is 13.7 Å². The van der Waals surface area contributed by atoms with E-state index in [1.54, 1.807) is 19.9 Å². The molecule has 1 N–H and O–H groups in total. The van der Waals surface area contributed by atoms with Crippen LogP contribution in [0.15, 0.2) is 34.7 Å². The molecule has 1 fully saturated rings. The number of hydrogen-bond donors (Lipinski definition) is 1. The summed E-state index contributed by atoms with van der Waals surface area (Å²) in [5.74, 6) is -0.963. The van der Waals surface area contributed by atoms with Gasteiger partial charge in [0.25, 0.3) is 5.91 Å². The van der Waals surface area contributed by atoms with Gasteiger partial charge in [-0.3, -0.25) is 9.59 Å². The Labute approximate surface area is 206 Å². The molecule has 1 aliphatic rings. The number of carbonyl (C=O) groups is 3. The summed E-state index contributed by atoms with van der Waals surface area (Å²) in [7, 11) is 1.25. The molecule has 3 rings (SSSR count). The van der Waals surface area contributed by atoms with E-state index in [1.807, 2.05) is 45.0 Å². The van der Waals surface area contributed by atoms with Gasteiger partial charge in [0.05, 0.1) is 6.04 Å². The molecule has 1 aromatic carbocycles. The first kappa shape index (κ1) is 26.6. The van der Waals surface area contributed by atoms with Crippen LogP contribution in [-0.4, -0.2) is 59.3 Å². The summed E-state index contributed by atoms with van der Waals surface area (Å²) in [6.45, 7) is 9.29. The smallest absolute Gasteiger partial charge is 0.417 e. The molecule has 2 aromatic rings. The van der Waals surface area contributed by atoms with E-state index in [4.69, 9.17) is 19.0 Å². The molecule has 0 bridgehead atoms. The number of ether oxygens (including phenoxy) is 2.